The smallest absolute Gasteiger partial charge is 0.321 e. The third kappa shape index (κ3) is 4.23. The second-order valence-corrected chi connectivity index (χ2v) is 6.68. The Morgan fingerprint density at radius 2 is 2.00 bits per heavy atom. The van der Waals surface area contributed by atoms with Gasteiger partial charge in [0.05, 0.1) is 0 Å². The molecule has 1 aliphatic carbocycles. The SMILES string of the molecule is CC(C)c1cccc(NC(=O)N(C)C2CCC(CO)CC2)c1. The molecule has 4 heteroatoms. The van der Waals surface area contributed by atoms with E-state index in [0.29, 0.717) is 11.8 Å². The Morgan fingerprint density at radius 3 is 2.59 bits per heavy atom. The second-order valence-electron chi connectivity index (χ2n) is 6.68. The number of anilines is 1. The molecule has 1 aliphatic rings. The fraction of sp³-hybridized carbons (Fsp3) is 0.611. The molecule has 2 amide bonds. The van der Waals surface area contributed by atoms with Crippen LogP contribution in [-0.2, 0) is 0 Å². The van der Waals surface area contributed by atoms with Crippen LogP contribution in [0.2, 0.25) is 0 Å². The first-order valence-corrected chi connectivity index (χ1v) is 8.26. The number of benzene rings is 1. The molecule has 4 nitrogen and oxygen atoms in total. The predicted molar refractivity (Wildman–Crippen MR) is 90.1 cm³/mol. The highest BCUT2D eigenvalue weighted by atomic mass is 16.3. The molecule has 1 aromatic carbocycles. The van der Waals surface area contributed by atoms with Crippen LogP contribution in [0.5, 0.6) is 0 Å². The molecule has 0 saturated heterocycles. The highest BCUT2D eigenvalue weighted by molar-refractivity contribution is 5.89. The van der Waals surface area contributed by atoms with E-state index in [9.17, 15) is 9.90 Å². The van der Waals surface area contributed by atoms with Crippen LogP contribution in [0.1, 0.15) is 51.0 Å². The summed E-state index contributed by atoms with van der Waals surface area (Å²) in [6.45, 7) is 4.56. The van der Waals surface area contributed by atoms with E-state index in [1.54, 1.807) is 0 Å². The average Bonchev–Trinajstić information content (AvgIpc) is 2.54. The first-order valence-electron chi connectivity index (χ1n) is 8.26. The van der Waals surface area contributed by atoms with Gasteiger partial charge in [0.2, 0.25) is 0 Å². The van der Waals surface area contributed by atoms with Crippen molar-refractivity contribution in [1.82, 2.24) is 4.90 Å². The molecule has 2 N–H and O–H groups in total. The molecule has 2 rings (SSSR count). The summed E-state index contributed by atoms with van der Waals surface area (Å²) in [5, 5.41) is 12.2. The van der Waals surface area contributed by atoms with Crippen molar-refractivity contribution in [3.05, 3.63) is 29.8 Å². The molecule has 0 heterocycles. The largest absolute Gasteiger partial charge is 0.396 e. The van der Waals surface area contributed by atoms with Crippen molar-refractivity contribution in [3.8, 4) is 0 Å². The van der Waals surface area contributed by atoms with Gasteiger partial charge in [-0.1, -0.05) is 26.0 Å². The van der Waals surface area contributed by atoms with Crippen LogP contribution in [0.3, 0.4) is 0 Å². The molecule has 1 saturated carbocycles. The van der Waals surface area contributed by atoms with Gasteiger partial charge in [-0.15, -0.1) is 0 Å². The Hall–Kier alpha value is -1.55. The molecule has 0 aliphatic heterocycles. The number of rotatable bonds is 4. The first kappa shape index (κ1) is 16.8. The Kier molecular flexibility index (Phi) is 5.83. The summed E-state index contributed by atoms with van der Waals surface area (Å²) in [5.74, 6) is 0.860. The zero-order chi connectivity index (χ0) is 16.1. The molecule has 122 valence electrons. The van der Waals surface area contributed by atoms with Crippen molar-refractivity contribution >= 4 is 11.7 Å². The zero-order valence-electron chi connectivity index (χ0n) is 13.9. The lowest BCUT2D eigenvalue weighted by Crippen LogP contribution is -2.42. The van der Waals surface area contributed by atoms with E-state index in [2.05, 4.69) is 25.2 Å². The first-order chi connectivity index (χ1) is 10.5. The van der Waals surface area contributed by atoms with E-state index in [1.807, 2.05) is 30.1 Å². The van der Waals surface area contributed by atoms with Gasteiger partial charge in [-0.2, -0.15) is 0 Å². The Balaban J connectivity index is 1.93. The van der Waals surface area contributed by atoms with Gasteiger partial charge in [0.15, 0.2) is 0 Å². The highest BCUT2D eigenvalue weighted by Crippen LogP contribution is 2.27. The van der Waals surface area contributed by atoms with Gasteiger partial charge in [-0.05, 0) is 55.2 Å². The number of hydrogen-bond donors (Lipinski definition) is 2. The monoisotopic (exact) mass is 304 g/mol. The fourth-order valence-corrected chi connectivity index (χ4v) is 3.07. The average molecular weight is 304 g/mol. The van der Waals surface area contributed by atoms with Gasteiger partial charge in [-0.3, -0.25) is 0 Å². The van der Waals surface area contributed by atoms with Crippen LogP contribution in [-0.4, -0.2) is 35.7 Å². The number of carbonyl (C=O) groups excluding carboxylic acids is 1. The highest BCUT2D eigenvalue weighted by Gasteiger charge is 2.26. The summed E-state index contributed by atoms with van der Waals surface area (Å²) in [6, 6.07) is 8.26. The molecule has 22 heavy (non-hydrogen) atoms. The van der Waals surface area contributed by atoms with Crippen LogP contribution in [0.25, 0.3) is 0 Å². The van der Waals surface area contributed by atoms with Crippen molar-refractivity contribution in [2.24, 2.45) is 5.92 Å². The summed E-state index contributed by atoms with van der Waals surface area (Å²) in [5.41, 5.74) is 2.08. The summed E-state index contributed by atoms with van der Waals surface area (Å²) in [4.78, 5) is 14.2. The quantitative estimate of drug-likeness (QED) is 0.888. The van der Waals surface area contributed by atoms with Crippen molar-refractivity contribution in [1.29, 1.82) is 0 Å². The van der Waals surface area contributed by atoms with Crippen molar-refractivity contribution in [2.75, 3.05) is 19.0 Å². The van der Waals surface area contributed by atoms with E-state index in [4.69, 9.17) is 0 Å². The number of aliphatic hydroxyl groups is 1. The zero-order valence-corrected chi connectivity index (χ0v) is 13.9. The van der Waals surface area contributed by atoms with Gasteiger partial charge in [0, 0.05) is 25.4 Å². The summed E-state index contributed by atoms with van der Waals surface area (Å²) in [6.07, 6.45) is 3.95. The number of nitrogens with zero attached hydrogens (tertiary/aromatic N) is 1. The minimum atomic E-state index is -0.0478. The lowest BCUT2D eigenvalue weighted by molar-refractivity contribution is 0.139. The van der Waals surface area contributed by atoms with Crippen LogP contribution in [0, 0.1) is 5.92 Å². The number of amides is 2. The maximum absolute atomic E-state index is 12.4. The van der Waals surface area contributed by atoms with Crippen molar-refractivity contribution < 1.29 is 9.90 Å². The summed E-state index contributed by atoms with van der Waals surface area (Å²) in [7, 11) is 1.87. The standard InChI is InChI=1S/C18H28N2O2/c1-13(2)15-5-4-6-16(11-15)19-18(22)20(3)17-9-7-14(12-21)8-10-17/h4-6,11,13-14,17,21H,7-10,12H2,1-3H3,(H,19,22). The van der Waals surface area contributed by atoms with Gasteiger partial charge in [-0.25, -0.2) is 4.79 Å². The van der Waals surface area contributed by atoms with Crippen LogP contribution >= 0.6 is 0 Å². The molecular weight excluding hydrogens is 276 g/mol. The van der Waals surface area contributed by atoms with E-state index in [1.165, 1.54) is 5.56 Å². The molecule has 0 unspecified atom stereocenters. The van der Waals surface area contributed by atoms with Crippen LogP contribution in [0.4, 0.5) is 10.5 Å². The number of carbonyl (C=O) groups is 1. The minimum Gasteiger partial charge on any atom is -0.396 e. The van der Waals surface area contributed by atoms with E-state index in [-0.39, 0.29) is 18.7 Å². The lowest BCUT2D eigenvalue weighted by atomic mass is 9.86. The lowest BCUT2D eigenvalue weighted by Gasteiger charge is -2.34. The van der Waals surface area contributed by atoms with Crippen LogP contribution < -0.4 is 5.32 Å². The number of urea groups is 1. The number of nitrogens with one attached hydrogen (secondary N) is 1. The fourth-order valence-electron chi connectivity index (χ4n) is 3.07. The van der Waals surface area contributed by atoms with E-state index < -0.39 is 0 Å². The van der Waals surface area contributed by atoms with Gasteiger partial charge < -0.3 is 15.3 Å². The maximum atomic E-state index is 12.4. The van der Waals surface area contributed by atoms with Gasteiger partial charge in [0.1, 0.15) is 0 Å². The molecule has 0 aromatic heterocycles. The van der Waals surface area contributed by atoms with E-state index in [0.717, 1.165) is 31.4 Å². The van der Waals surface area contributed by atoms with Gasteiger partial charge in [0.25, 0.3) is 0 Å². The molecule has 0 atom stereocenters. The Labute approximate surface area is 133 Å². The van der Waals surface area contributed by atoms with Crippen LogP contribution in [0.15, 0.2) is 24.3 Å². The molecule has 0 radical (unpaired) electrons. The molecule has 0 bridgehead atoms. The third-order valence-electron chi connectivity index (χ3n) is 4.75. The topological polar surface area (TPSA) is 52.6 Å². The Morgan fingerprint density at radius 1 is 1.32 bits per heavy atom. The van der Waals surface area contributed by atoms with E-state index >= 15 is 0 Å². The molecule has 1 aromatic rings. The predicted octanol–water partition coefficient (Wildman–Crippen LogP) is 3.82. The van der Waals surface area contributed by atoms with Gasteiger partial charge >= 0.3 is 6.03 Å². The molecule has 0 spiro atoms. The normalized spacial score (nSPS) is 21.7. The van der Waals surface area contributed by atoms with Crippen molar-refractivity contribution in [2.45, 2.75) is 51.5 Å². The summed E-state index contributed by atoms with van der Waals surface area (Å²) < 4.78 is 0. The maximum Gasteiger partial charge on any atom is 0.321 e. The number of hydrogen-bond acceptors (Lipinski definition) is 2. The third-order valence-corrected chi connectivity index (χ3v) is 4.75. The second kappa shape index (κ2) is 7.63. The molecular formula is C18H28N2O2. The molecule has 1 fully saturated rings. The minimum absolute atomic E-state index is 0.0478. The number of aliphatic hydroxyl groups excluding tert-OH is 1. The summed E-state index contributed by atoms with van der Waals surface area (Å²) >= 11 is 0. The van der Waals surface area contributed by atoms with Crippen molar-refractivity contribution in [3.63, 3.8) is 0 Å². The Bertz CT molecular complexity index is 494.